The lowest BCUT2D eigenvalue weighted by atomic mass is 10.0. The minimum absolute atomic E-state index is 0.00933. The van der Waals surface area contributed by atoms with Gasteiger partial charge < -0.3 is 18.9 Å². The lowest BCUT2D eigenvalue weighted by Gasteiger charge is -2.29. The highest BCUT2D eigenvalue weighted by Gasteiger charge is 2.61. The number of carbonyl (C=O) groups is 3. The van der Waals surface area contributed by atoms with Crippen molar-refractivity contribution in [1.29, 1.82) is 0 Å². The zero-order valence-electron chi connectivity index (χ0n) is 21.9. The van der Waals surface area contributed by atoms with Gasteiger partial charge in [-0.15, -0.1) is 0 Å². The van der Waals surface area contributed by atoms with E-state index in [-0.39, 0.29) is 19.3 Å². The van der Waals surface area contributed by atoms with E-state index in [4.69, 9.17) is 18.9 Å². The summed E-state index contributed by atoms with van der Waals surface area (Å²) < 4.78 is 23.5. The van der Waals surface area contributed by atoms with Crippen molar-refractivity contribution in [3.8, 4) is 0 Å². The van der Waals surface area contributed by atoms with Gasteiger partial charge in [0.05, 0.1) is 0 Å². The van der Waals surface area contributed by atoms with Crippen molar-refractivity contribution in [2.45, 2.75) is 103 Å². The van der Waals surface area contributed by atoms with Crippen LogP contribution in [0.1, 0.15) is 84.8 Å². The predicted molar refractivity (Wildman–Crippen MR) is 133 cm³/mol. The van der Waals surface area contributed by atoms with Gasteiger partial charge in [0.1, 0.15) is 6.61 Å². The number of aromatic nitrogens is 2. The second-order valence-electron chi connectivity index (χ2n) is 8.90. The number of esters is 3. The molecule has 2 rings (SSSR count). The molecule has 0 spiro atoms. The Balaban J connectivity index is 2.58. The molecule has 0 amide bonds. The molecule has 1 fully saturated rings. The Morgan fingerprint density at radius 1 is 1.03 bits per heavy atom. The highest BCUT2D eigenvalue weighted by molar-refractivity contribution is 5.71. The number of aromatic amines is 1. The van der Waals surface area contributed by atoms with E-state index in [1.807, 2.05) is 20.8 Å². The molecule has 1 aliphatic rings. The van der Waals surface area contributed by atoms with Crippen LogP contribution in [0.15, 0.2) is 27.0 Å². The first kappa shape index (κ1) is 30.6. The van der Waals surface area contributed by atoms with Gasteiger partial charge in [-0.25, -0.2) is 4.79 Å². The highest BCUT2D eigenvalue weighted by atomic mass is 16.7. The van der Waals surface area contributed by atoms with Crippen molar-refractivity contribution in [2.75, 3.05) is 6.61 Å². The van der Waals surface area contributed by atoms with Crippen LogP contribution < -0.4 is 11.2 Å². The van der Waals surface area contributed by atoms with E-state index in [0.29, 0.717) is 32.1 Å². The summed E-state index contributed by atoms with van der Waals surface area (Å²) in [6.07, 6.45) is 0.363. The first-order valence-corrected chi connectivity index (χ1v) is 12.8. The van der Waals surface area contributed by atoms with Crippen LogP contribution >= 0.6 is 0 Å². The summed E-state index contributed by atoms with van der Waals surface area (Å²) in [5, 5.41) is 3.69. The number of rotatable bonds is 15. The van der Waals surface area contributed by atoms with Crippen molar-refractivity contribution < 1.29 is 33.3 Å². The first-order chi connectivity index (χ1) is 18.2. The molecule has 1 aromatic rings. The van der Waals surface area contributed by atoms with E-state index >= 15 is 0 Å². The Bertz CT molecular complexity index is 1130. The Kier molecular flexibility index (Phi) is 12.0. The summed E-state index contributed by atoms with van der Waals surface area (Å²) in [4.78, 5) is 66.9. The smallest absolute Gasteiger partial charge is 0.330 e. The molecular formula is C24H35N5O9. The quantitative estimate of drug-likeness (QED) is 0.115. The van der Waals surface area contributed by atoms with E-state index in [1.165, 1.54) is 0 Å². The summed E-state index contributed by atoms with van der Waals surface area (Å²) in [7, 11) is 0. The van der Waals surface area contributed by atoms with Crippen LogP contribution in [0.2, 0.25) is 0 Å². The zero-order valence-corrected chi connectivity index (χ0v) is 21.9. The molecule has 1 saturated heterocycles. The summed E-state index contributed by atoms with van der Waals surface area (Å²) >= 11 is 0. The number of H-pyrrole nitrogens is 1. The number of ether oxygens (including phenoxy) is 4. The SMILES string of the molecule is CCCCC(=O)OC[C@@]1(N=[N+]=[N-])O[C@@H](n2ccc(=O)[nH]c2=O)[C@H](OC(=O)CCCC)[C@@H]1OC(=O)CCCC. The number of hydrogen-bond donors (Lipinski definition) is 1. The molecule has 0 aliphatic carbocycles. The van der Waals surface area contributed by atoms with Crippen molar-refractivity contribution in [2.24, 2.45) is 5.11 Å². The maximum Gasteiger partial charge on any atom is 0.330 e. The van der Waals surface area contributed by atoms with Crippen LogP contribution in [0.4, 0.5) is 0 Å². The van der Waals surface area contributed by atoms with Gasteiger partial charge in [-0.3, -0.25) is 28.7 Å². The third-order valence-electron chi connectivity index (χ3n) is 5.86. The monoisotopic (exact) mass is 537 g/mol. The summed E-state index contributed by atoms with van der Waals surface area (Å²) in [6, 6.07) is 1.04. The second kappa shape index (κ2) is 14.9. The minimum Gasteiger partial charge on any atom is -0.462 e. The molecule has 1 N–H and O–H groups in total. The Labute approximate surface area is 219 Å². The number of azide groups is 1. The van der Waals surface area contributed by atoms with Crippen molar-refractivity contribution in [3.05, 3.63) is 43.5 Å². The van der Waals surface area contributed by atoms with Crippen molar-refractivity contribution >= 4 is 17.9 Å². The van der Waals surface area contributed by atoms with Crippen LogP contribution in [0.5, 0.6) is 0 Å². The molecule has 0 saturated carbocycles. The maximum atomic E-state index is 12.7. The van der Waals surface area contributed by atoms with E-state index in [2.05, 4.69) is 15.0 Å². The molecule has 0 radical (unpaired) electrons. The standard InChI is InChI=1S/C24H35N5O9/c1-4-7-10-17(31)35-15-24(27-28-25)21(37-19(33)12-9-6-3)20(36-18(32)11-8-5-2)22(38-24)29-14-13-16(30)26-23(29)34/h13-14,20-22H,4-12,15H2,1-3H3,(H,26,30,34)/t20-,21+,22-,24-/m1/s1. The molecule has 1 aromatic heterocycles. The minimum atomic E-state index is -2.17. The number of carbonyl (C=O) groups excluding carboxylic acids is 3. The fourth-order valence-corrected chi connectivity index (χ4v) is 3.80. The van der Waals surface area contributed by atoms with E-state index in [0.717, 1.165) is 23.3 Å². The number of nitrogens with one attached hydrogen (secondary N) is 1. The Morgan fingerprint density at radius 2 is 1.61 bits per heavy atom. The number of nitrogens with zero attached hydrogens (tertiary/aromatic N) is 4. The van der Waals surface area contributed by atoms with Gasteiger partial charge in [0.2, 0.25) is 5.72 Å². The highest BCUT2D eigenvalue weighted by Crippen LogP contribution is 2.42. The van der Waals surface area contributed by atoms with Gasteiger partial charge in [0, 0.05) is 36.4 Å². The molecule has 2 heterocycles. The van der Waals surface area contributed by atoms with Gasteiger partial charge in [-0.2, -0.15) is 0 Å². The van der Waals surface area contributed by atoms with Crippen molar-refractivity contribution in [3.63, 3.8) is 0 Å². The second-order valence-corrected chi connectivity index (χ2v) is 8.90. The van der Waals surface area contributed by atoms with E-state index in [1.54, 1.807) is 0 Å². The third kappa shape index (κ3) is 8.18. The summed E-state index contributed by atoms with van der Waals surface area (Å²) in [6.45, 7) is 4.98. The van der Waals surface area contributed by atoms with E-state index < -0.39 is 59.9 Å². The Morgan fingerprint density at radius 3 is 2.16 bits per heavy atom. The van der Waals surface area contributed by atoms with Crippen LogP contribution in [0.3, 0.4) is 0 Å². The van der Waals surface area contributed by atoms with Gasteiger partial charge in [-0.1, -0.05) is 45.1 Å². The average Bonchev–Trinajstić information content (AvgIpc) is 3.16. The van der Waals surface area contributed by atoms with Crippen LogP contribution in [0.25, 0.3) is 10.4 Å². The molecule has 14 heteroatoms. The zero-order chi connectivity index (χ0) is 28.1. The molecule has 210 valence electrons. The summed E-state index contributed by atoms with van der Waals surface area (Å²) in [5.41, 5.74) is 5.63. The fraction of sp³-hybridized carbons (Fsp3) is 0.708. The lowest BCUT2D eigenvalue weighted by molar-refractivity contribution is -0.179. The molecular weight excluding hydrogens is 502 g/mol. The molecule has 38 heavy (non-hydrogen) atoms. The maximum absolute atomic E-state index is 12.7. The molecule has 0 bridgehead atoms. The van der Waals surface area contributed by atoms with E-state index in [9.17, 15) is 29.5 Å². The van der Waals surface area contributed by atoms with Crippen molar-refractivity contribution in [1.82, 2.24) is 9.55 Å². The number of hydrogen-bond acceptors (Lipinski definition) is 10. The summed E-state index contributed by atoms with van der Waals surface area (Å²) in [5.74, 6) is -1.98. The molecule has 1 aliphatic heterocycles. The van der Waals surface area contributed by atoms with Crippen LogP contribution in [-0.4, -0.2) is 52.0 Å². The lowest BCUT2D eigenvalue weighted by Crippen LogP contribution is -2.49. The molecule has 14 nitrogen and oxygen atoms in total. The average molecular weight is 538 g/mol. The predicted octanol–water partition coefficient (Wildman–Crippen LogP) is 3.01. The topological polar surface area (TPSA) is 192 Å². The largest absolute Gasteiger partial charge is 0.462 e. The van der Waals surface area contributed by atoms with Crippen LogP contribution in [-0.2, 0) is 33.3 Å². The number of unbranched alkanes of at least 4 members (excludes halogenated alkanes) is 3. The molecule has 0 aromatic carbocycles. The fourth-order valence-electron chi connectivity index (χ4n) is 3.80. The van der Waals surface area contributed by atoms with Gasteiger partial charge >= 0.3 is 23.6 Å². The van der Waals surface area contributed by atoms with Gasteiger partial charge in [-0.05, 0) is 24.8 Å². The molecule has 0 unspecified atom stereocenters. The third-order valence-corrected chi connectivity index (χ3v) is 5.86. The van der Waals surface area contributed by atoms with Gasteiger partial charge in [0.25, 0.3) is 5.56 Å². The molecule has 4 atom stereocenters. The first-order valence-electron chi connectivity index (χ1n) is 12.8. The van der Waals surface area contributed by atoms with Crippen LogP contribution in [0, 0.1) is 0 Å². The Hall–Kier alpha value is -3.64. The van der Waals surface area contributed by atoms with Gasteiger partial charge in [0.15, 0.2) is 18.4 Å². The normalized spacial score (nSPS) is 22.3.